The zero-order chi connectivity index (χ0) is 12.1. The largest absolute Gasteiger partial charge is 0.311 e. The van der Waals surface area contributed by atoms with Crippen molar-refractivity contribution in [3.8, 4) is 0 Å². The van der Waals surface area contributed by atoms with E-state index in [-0.39, 0.29) is 0 Å². The van der Waals surface area contributed by atoms with E-state index in [1.165, 1.54) is 31.5 Å². The molecule has 0 amide bonds. The van der Waals surface area contributed by atoms with E-state index in [0.29, 0.717) is 0 Å². The summed E-state index contributed by atoms with van der Waals surface area (Å²) in [6.45, 7) is 9.81. The summed E-state index contributed by atoms with van der Waals surface area (Å²) in [7, 11) is 0. The van der Waals surface area contributed by atoms with Gasteiger partial charge in [-0.1, -0.05) is 6.92 Å². The van der Waals surface area contributed by atoms with E-state index in [4.69, 9.17) is 0 Å². The lowest BCUT2D eigenvalue weighted by Gasteiger charge is -2.22. The number of aryl methyl sites for hydroxylation is 1. The molecular weight excluding hydrogens is 212 g/mol. The van der Waals surface area contributed by atoms with E-state index in [0.717, 1.165) is 25.7 Å². The first-order valence-corrected chi connectivity index (χ1v) is 6.79. The topological polar surface area (TPSA) is 33.1 Å². The van der Waals surface area contributed by atoms with Gasteiger partial charge in [-0.2, -0.15) is 5.10 Å². The van der Waals surface area contributed by atoms with Crippen molar-refractivity contribution < 1.29 is 0 Å². The van der Waals surface area contributed by atoms with Crippen LogP contribution in [0.5, 0.6) is 0 Å². The Morgan fingerprint density at radius 1 is 1.41 bits per heavy atom. The Bertz CT molecular complexity index is 334. The summed E-state index contributed by atoms with van der Waals surface area (Å²) in [6, 6.07) is 0.737. The maximum Gasteiger partial charge on any atom is 0.0534 e. The molecule has 1 unspecified atom stereocenters. The highest BCUT2D eigenvalue weighted by Gasteiger charge is 2.21. The second-order valence-electron chi connectivity index (χ2n) is 4.76. The van der Waals surface area contributed by atoms with Gasteiger partial charge < -0.3 is 5.32 Å². The zero-order valence-corrected chi connectivity index (χ0v) is 11.0. The molecule has 1 aliphatic rings. The average Bonchev–Trinajstić information content (AvgIpc) is 2.97. The summed E-state index contributed by atoms with van der Waals surface area (Å²) < 4.78 is 1.98. The first-order chi connectivity index (χ1) is 8.33. The fourth-order valence-electron chi connectivity index (χ4n) is 2.60. The quantitative estimate of drug-likeness (QED) is 0.812. The van der Waals surface area contributed by atoms with Gasteiger partial charge in [0.1, 0.15) is 0 Å². The molecule has 17 heavy (non-hydrogen) atoms. The smallest absolute Gasteiger partial charge is 0.0534 e. The minimum Gasteiger partial charge on any atom is -0.311 e. The second-order valence-corrected chi connectivity index (χ2v) is 4.76. The molecule has 1 N–H and O–H groups in total. The van der Waals surface area contributed by atoms with Gasteiger partial charge >= 0.3 is 0 Å². The van der Waals surface area contributed by atoms with Crippen molar-refractivity contribution in [2.75, 3.05) is 19.6 Å². The highest BCUT2D eigenvalue weighted by Crippen LogP contribution is 2.15. The Hall–Kier alpha value is -0.870. The maximum absolute atomic E-state index is 4.28. The standard InChI is InChI=1S/C13H24N4/c1-3-16-7-5-6-13(16)10-14-8-12-9-15-17(4-2)11-12/h9,11,13-14H,3-8,10H2,1-2H3. The van der Waals surface area contributed by atoms with Crippen molar-refractivity contribution in [1.29, 1.82) is 0 Å². The summed E-state index contributed by atoms with van der Waals surface area (Å²) >= 11 is 0. The number of hydrogen-bond acceptors (Lipinski definition) is 3. The monoisotopic (exact) mass is 236 g/mol. The Kier molecular flexibility index (Phi) is 4.57. The summed E-state index contributed by atoms with van der Waals surface area (Å²) in [6.07, 6.45) is 6.78. The molecule has 1 aromatic heterocycles. The normalized spacial score (nSPS) is 21.2. The first kappa shape index (κ1) is 12.6. The van der Waals surface area contributed by atoms with Crippen LogP contribution < -0.4 is 5.32 Å². The van der Waals surface area contributed by atoms with E-state index in [2.05, 4.69) is 35.4 Å². The van der Waals surface area contributed by atoms with Crippen LogP contribution in [-0.2, 0) is 13.1 Å². The number of nitrogens with zero attached hydrogens (tertiary/aromatic N) is 3. The van der Waals surface area contributed by atoms with Crippen LogP contribution in [0.3, 0.4) is 0 Å². The van der Waals surface area contributed by atoms with Crippen molar-refractivity contribution in [2.24, 2.45) is 0 Å². The van der Waals surface area contributed by atoms with Crippen LogP contribution in [-0.4, -0.2) is 40.4 Å². The summed E-state index contributed by atoms with van der Waals surface area (Å²) in [5, 5.41) is 7.83. The fraction of sp³-hybridized carbons (Fsp3) is 0.769. The summed E-state index contributed by atoms with van der Waals surface area (Å²) in [4.78, 5) is 2.57. The lowest BCUT2D eigenvalue weighted by molar-refractivity contribution is 0.260. The molecule has 0 saturated carbocycles. The Balaban J connectivity index is 1.72. The van der Waals surface area contributed by atoms with Gasteiger partial charge in [-0.05, 0) is 32.9 Å². The van der Waals surface area contributed by atoms with Crippen molar-refractivity contribution >= 4 is 0 Å². The number of likely N-dealkylation sites (N-methyl/N-ethyl adjacent to an activating group) is 1. The number of rotatable bonds is 6. The molecular formula is C13H24N4. The molecule has 1 aromatic rings. The van der Waals surface area contributed by atoms with Crippen LogP contribution in [0.15, 0.2) is 12.4 Å². The number of hydrogen-bond donors (Lipinski definition) is 1. The Morgan fingerprint density at radius 3 is 3.00 bits per heavy atom. The van der Waals surface area contributed by atoms with Crippen molar-refractivity contribution in [3.63, 3.8) is 0 Å². The molecule has 4 heteroatoms. The Morgan fingerprint density at radius 2 is 2.29 bits per heavy atom. The van der Waals surface area contributed by atoms with Gasteiger partial charge in [0, 0.05) is 37.4 Å². The molecule has 4 nitrogen and oxygen atoms in total. The molecule has 1 fully saturated rings. The molecule has 0 bridgehead atoms. The van der Waals surface area contributed by atoms with Gasteiger partial charge in [-0.15, -0.1) is 0 Å². The predicted octanol–water partition coefficient (Wildman–Crippen LogP) is 1.48. The third kappa shape index (κ3) is 3.30. The van der Waals surface area contributed by atoms with Gasteiger partial charge in [0.05, 0.1) is 6.20 Å². The molecule has 0 aromatic carbocycles. The fourth-order valence-corrected chi connectivity index (χ4v) is 2.60. The van der Waals surface area contributed by atoms with E-state index in [1.807, 2.05) is 10.9 Å². The number of nitrogens with one attached hydrogen (secondary N) is 1. The highest BCUT2D eigenvalue weighted by molar-refractivity contribution is 5.03. The lowest BCUT2D eigenvalue weighted by atomic mass is 10.2. The van der Waals surface area contributed by atoms with Crippen LogP contribution in [0, 0.1) is 0 Å². The summed E-state index contributed by atoms with van der Waals surface area (Å²) in [5.41, 5.74) is 1.29. The zero-order valence-electron chi connectivity index (χ0n) is 11.0. The predicted molar refractivity (Wildman–Crippen MR) is 69.9 cm³/mol. The van der Waals surface area contributed by atoms with Gasteiger partial charge in [-0.25, -0.2) is 0 Å². The average molecular weight is 236 g/mol. The van der Waals surface area contributed by atoms with Crippen molar-refractivity contribution in [3.05, 3.63) is 18.0 Å². The minimum absolute atomic E-state index is 0.737. The molecule has 0 radical (unpaired) electrons. The molecule has 2 heterocycles. The minimum atomic E-state index is 0.737. The molecule has 1 saturated heterocycles. The molecule has 0 aliphatic carbocycles. The lowest BCUT2D eigenvalue weighted by Crippen LogP contribution is -2.37. The third-order valence-corrected chi connectivity index (χ3v) is 3.63. The molecule has 0 spiro atoms. The SMILES string of the molecule is CCN1CCCC1CNCc1cnn(CC)c1. The van der Waals surface area contributed by atoms with E-state index >= 15 is 0 Å². The van der Waals surface area contributed by atoms with Gasteiger partial charge in [0.15, 0.2) is 0 Å². The molecule has 1 atom stereocenters. The number of aromatic nitrogens is 2. The van der Waals surface area contributed by atoms with Crippen molar-refractivity contribution in [2.45, 2.75) is 45.8 Å². The maximum atomic E-state index is 4.28. The third-order valence-electron chi connectivity index (χ3n) is 3.63. The van der Waals surface area contributed by atoms with Crippen molar-refractivity contribution in [1.82, 2.24) is 20.0 Å². The molecule has 1 aliphatic heterocycles. The van der Waals surface area contributed by atoms with Crippen LogP contribution >= 0.6 is 0 Å². The van der Waals surface area contributed by atoms with Gasteiger partial charge in [-0.3, -0.25) is 9.58 Å². The van der Waals surface area contributed by atoms with Crippen LogP contribution in [0.1, 0.15) is 32.3 Å². The van der Waals surface area contributed by atoms with Gasteiger partial charge in [0.25, 0.3) is 0 Å². The van der Waals surface area contributed by atoms with E-state index in [1.54, 1.807) is 0 Å². The second kappa shape index (κ2) is 6.17. The highest BCUT2D eigenvalue weighted by atomic mass is 15.3. The Labute approximate surface area is 104 Å². The van der Waals surface area contributed by atoms with Crippen LogP contribution in [0.25, 0.3) is 0 Å². The van der Waals surface area contributed by atoms with Crippen LogP contribution in [0.4, 0.5) is 0 Å². The summed E-state index contributed by atoms with van der Waals surface area (Å²) in [5.74, 6) is 0. The van der Waals surface area contributed by atoms with E-state index < -0.39 is 0 Å². The van der Waals surface area contributed by atoms with Crippen LogP contribution in [0.2, 0.25) is 0 Å². The molecule has 96 valence electrons. The van der Waals surface area contributed by atoms with E-state index in [9.17, 15) is 0 Å². The molecule has 2 rings (SSSR count). The number of likely N-dealkylation sites (tertiary alicyclic amines) is 1. The van der Waals surface area contributed by atoms with Gasteiger partial charge in [0.2, 0.25) is 0 Å². The first-order valence-electron chi connectivity index (χ1n) is 6.79.